The van der Waals surface area contributed by atoms with Gasteiger partial charge < -0.3 is 14.2 Å². The number of ether oxygens (including phenoxy) is 3. The van der Waals surface area contributed by atoms with Crippen molar-refractivity contribution in [3.63, 3.8) is 0 Å². The second-order valence-electron chi connectivity index (χ2n) is 9.36. The van der Waals surface area contributed by atoms with Gasteiger partial charge in [-0.25, -0.2) is 9.59 Å². The van der Waals surface area contributed by atoms with E-state index in [1.807, 2.05) is 0 Å². The molecule has 162 valence electrons. The number of rotatable bonds is 11. The maximum Gasteiger partial charge on any atom is 0.344 e. The molecule has 4 aliphatic rings. The highest BCUT2D eigenvalue weighted by Crippen LogP contribution is 2.65. The van der Waals surface area contributed by atoms with Gasteiger partial charge in [0.15, 0.2) is 6.61 Å². The smallest absolute Gasteiger partial charge is 0.344 e. The molecule has 5 nitrogen and oxygen atoms in total. The van der Waals surface area contributed by atoms with Crippen LogP contribution in [0.15, 0.2) is 24.8 Å². The van der Waals surface area contributed by atoms with Gasteiger partial charge in [-0.15, -0.1) is 6.58 Å². The normalized spacial score (nSPS) is 30.1. The Kier molecular flexibility index (Phi) is 6.87. The van der Waals surface area contributed by atoms with Gasteiger partial charge in [-0.1, -0.05) is 26.5 Å². The molecule has 0 aliphatic heterocycles. The monoisotopic (exact) mass is 404 g/mol. The Labute approximate surface area is 174 Å². The Morgan fingerprint density at radius 3 is 2.07 bits per heavy atom. The highest BCUT2D eigenvalue weighted by molar-refractivity contribution is 5.89. The minimum absolute atomic E-state index is 0.0566. The fraction of sp³-hybridized carbons (Fsp3) is 0.750. The van der Waals surface area contributed by atoms with Gasteiger partial charge in [-0.05, 0) is 69.1 Å². The van der Waals surface area contributed by atoms with Crippen molar-refractivity contribution in [2.75, 3.05) is 19.8 Å². The van der Waals surface area contributed by atoms with Gasteiger partial charge in [-0.3, -0.25) is 0 Å². The third-order valence-corrected chi connectivity index (χ3v) is 7.58. The van der Waals surface area contributed by atoms with E-state index in [1.165, 1.54) is 38.5 Å². The van der Waals surface area contributed by atoms with Crippen LogP contribution in [-0.4, -0.2) is 37.4 Å². The van der Waals surface area contributed by atoms with Crippen molar-refractivity contribution in [2.24, 2.45) is 23.2 Å². The molecule has 4 bridgehead atoms. The summed E-state index contributed by atoms with van der Waals surface area (Å²) in [4.78, 5) is 24.7. The van der Waals surface area contributed by atoms with Gasteiger partial charge in [0.05, 0.1) is 18.8 Å². The van der Waals surface area contributed by atoms with Crippen LogP contribution in [0.3, 0.4) is 0 Å². The molecule has 0 aromatic heterocycles. The zero-order valence-electron chi connectivity index (χ0n) is 18.0. The van der Waals surface area contributed by atoms with E-state index in [9.17, 15) is 9.59 Å². The number of hydrogen-bond acceptors (Lipinski definition) is 5. The number of carbonyl (C=O) groups is 2. The molecule has 0 spiro atoms. The average Bonchev–Trinajstić information content (AvgIpc) is 2.69. The van der Waals surface area contributed by atoms with E-state index in [1.54, 1.807) is 6.08 Å². The maximum atomic E-state index is 12.7. The molecule has 4 aliphatic carbocycles. The molecule has 0 unspecified atom stereocenters. The minimum atomic E-state index is -0.626. The Morgan fingerprint density at radius 2 is 1.59 bits per heavy atom. The third kappa shape index (κ3) is 4.45. The second kappa shape index (κ2) is 9.03. The zero-order valence-corrected chi connectivity index (χ0v) is 18.0. The van der Waals surface area contributed by atoms with Gasteiger partial charge >= 0.3 is 11.9 Å². The highest BCUT2D eigenvalue weighted by atomic mass is 16.6. The Morgan fingerprint density at radius 1 is 1.03 bits per heavy atom. The van der Waals surface area contributed by atoms with Gasteiger partial charge in [0, 0.05) is 5.41 Å². The summed E-state index contributed by atoms with van der Waals surface area (Å²) in [6, 6.07) is 0. The third-order valence-electron chi connectivity index (χ3n) is 7.58. The van der Waals surface area contributed by atoms with Gasteiger partial charge in [0.2, 0.25) is 0 Å². The largest absolute Gasteiger partial charge is 0.456 e. The van der Waals surface area contributed by atoms with Crippen LogP contribution in [0.2, 0.25) is 0 Å². The first-order valence-corrected chi connectivity index (χ1v) is 11.1. The van der Waals surface area contributed by atoms with E-state index in [2.05, 4.69) is 27.0 Å². The van der Waals surface area contributed by atoms with E-state index < -0.39 is 17.5 Å². The quantitative estimate of drug-likeness (QED) is 0.218. The van der Waals surface area contributed by atoms with E-state index in [4.69, 9.17) is 14.2 Å². The van der Waals surface area contributed by atoms with E-state index >= 15 is 0 Å². The van der Waals surface area contributed by atoms with Crippen molar-refractivity contribution in [3.8, 4) is 0 Å². The summed E-state index contributed by atoms with van der Waals surface area (Å²) < 4.78 is 16.5. The molecule has 0 atom stereocenters. The molecule has 4 saturated carbocycles. The molecular formula is C24H36O5. The van der Waals surface area contributed by atoms with Gasteiger partial charge in [-0.2, -0.15) is 0 Å². The van der Waals surface area contributed by atoms with Crippen LogP contribution < -0.4 is 0 Å². The first-order chi connectivity index (χ1) is 13.9. The topological polar surface area (TPSA) is 61.8 Å². The minimum Gasteiger partial charge on any atom is -0.456 e. The molecule has 0 amide bonds. The van der Waals surface area contributed by atoms with Crippen LogP contribution in [0.25, 0.3) is 0 Å². The standard InChI is InChI=1S/C24H36O5/c1-5-8-27-15-17(4)22(26)28-16-21(25)29-24(6-2,7-3)23-12-18-9-19(13-23)11-20(10-18)14-23/h5,18-20H,1,4,6-16H2,2-3H3. The van der Waals surface area contributed by atoms with Crippen LogP contribution in [0.5, 0.6) is 0 Å². The number of esters is 2. The van der Waals surface area contributed by atoms with Crippen molar-refractivity contribution >= 4 is 11.9 Å². The summed E-state index contributed by atoms with van der Waals surface area (Å²) in [5.41, 5.74) is -0.193. The van der Waals surface area contributed by atoms with E-state index in [-0.39, 0.29) is 24.2 Å². The lowest BCUT2D eigenvalue weighted by Crippen LogP contribution is -2.59. The first kappa shape index (κ1) is 22.1. The van der Waals surface area contributed by atoms with E-state index in [0.717, 1.165) is 30.6 Å². The molecule has 4 rings (SSSR count). The summed E-state index contributed by atoms with van der Waals surface area (Å²) in [6.45, 7) is 11.5. The van der Waals surface area contributed by atoms with Crippen molar-refractivity contribution < 1.29 is 23.8 Å². The van der Waals surface area contributed by atoms with E-state index in [0.29, 0.717) is 6.61 Å². The predicted octanol–water partition coefficient (Wildman–Crippen LogP) is 4.61. The first-order valence-electron chi connectivity index (χ1n) is 11.1. The van der Waals surface area contributed by atoms with Crippen molar-refractivity contribution in [3.05, 3.63) is 24.8 Å². The fourth-order valence-corrected chi connectivity index (χ4v) is 6.72. The molecule has 0 saturated heterocycles. The predicted molar refractivity (Wildman–Crippen MR) is 111 cm³/mol. The number of carbonyl (C=O) groups excluding carboxylic acids is 2. The SMILES string of the molecule is C=CCOCC(=C)C(=O)OCC(=O)OC(CC)(CC)C12CC3CC(CC(C3)C1)C2. The van der Waals surface area contributed by atoms with Gasteiger partial charge in [0.25, 0.3) is 0 Å². The lowest BCUT2D eigenvalue weighted by molar-refractivity contribution is -0.215. The Balaban J connectivity index is 1.60. The highest BCUT2D eigenvalue weighted by Gasteiger charge is 2.60. The molecule has 0 aromatic carbocycles. The van der Waals surface area contributed by atoms with Crippen molar-refractivity contribution in [1.29, 1.82) is 0 Å². The summed E-state index contributed by atoms with van der Waals surface area (Å²) >= 11 is 0. The lowest BCUT2D eigenvalue weighted by atomic mass is 9.44. The number of hydrogen-bond donors (Lipinski definition) is 0. The summed E-state index contributed by atoms with van der Waals surface area (Å²) in [7, 11) is 0. The lowest BCUT2D eigenvalue weighted by Gasteiger charge is -2.63. The van der Waals surface area contributed by atoms with Crippen LogP contribution in [0, 0.1) is 23.2 Å². The van der Waals surface area contributed by atoms with Crippen molar-refractivity contribution in [1.82, 2.24) is 0 Å². The molecule has 0 aromatic rings. The molecule has 0 N–H and O–H groups in total. The second-order valence-corrected chi connectivity index (χ2v) is 9.36. The molecule has 5 heteroatoms. The molecular weight excluding hydrogens is 368 g/mol. The molecule has 29 heavy (non-hydrogen) atoms. The Bertz CT molecular complexity index is 610. The summed E-state index contributed by atoms with van der Waals surface area (Å²) in [6.07, 6.45) is 10.8. The van der Waals surface area contributed by atoms with Crippen molar-refractivity contribution in [2.45, 2.75) is 70.8 Å². The Hall–Kier alpha value is -1.62. The molecule has 0 radical (unpaired) electrons. The average molecular weight is 405 g/mol. The molecule has 0 heterocycles. The summed E-state index contributed by atoms with van der Waals surface area (Å²) in [5.74, 6) is 1.27. The zero-order chi connectivity index (χ0) is 21.1. The van der Waals surface area contributed by atoms with Crippen LogP contribution in [-0.2, 0) is 23.8 Å². The maximum absolute atomic E-state index is 12.7. The van der Waals surface area contributed by atoms with Crippen LogP contribution in [0.1, 0.15) is 65.2 Å². The van der Waals surface area contributed by atoms with Crippen LogP contribution in [0.4, 0.5) is 0 Å². The fourth-order valence-electron chi connectivity index (χ4n) is 6.72. The van der Waals surface area contributed by atoms with Gasteiger partial charge in [0.1, 0.15) is 5.60 Å². The summed E-state index contributed by atoms with van der Waals surface area (Å²) in [5, 5.41) is 0. The van der Waals surface area contributed by atoms with Crippen LogP contribution >= 0.6 is 0 Å². The molecule has 4 fully saturated rings.